The highest BCUT2D eigenvalue weighted by Crippen LogP contribution is 2.30. The Kier molecular flexibility index (Phi) is 2.96. The number of anilines is 1. The summed E-state index contributed by atoms with van der Waals surface area (Å²) in [5.41, 5.74) is 2.28. The van der Waals surface area contributed by atoms with Crippen LogP contribution in [-0.4, -0.2) is 29.5 Å². The van der Waals surface area contributed by atoms with Gasteiger partial charge in [-0.2, -0.15) is 0 Å². The van der Waals surface area contributed by atoms with E-state index < -0.39 is 0 Å². The van der Waals surface area contributed by atoms with Crippen LogP contribution < -0.4 is 10.2 Å². The van der Waals surface area contributed by atoms with Crippen molar-refractivity contribution < 1.29 is 0 Å². The molecule has 3 rings (SSSR count). The number of fused-ring (bicyclic) bond motifs is 1. The quantitative estimate of drug-likeness (QED) is 0.893. The van der Waals surface area contributed by atoms with Crippen molar-refractivity contribution in [1.82, 2.24) is 14.7 Å². The summed E-state index contributed by atoms with van der Waals surface area (Å²) in [4.78, 5) is 7.13. The number of nitrogens with zero attached hydrogens (tertiary/aromatic N) is 3. The summed E-state index contributed by atoms with van der Waals surface area (Å²) in [6.07, 6.45) is 6.03. The highest BCUT2D eigenvalue weighted by molar-refractivity contribution is 5.56. The molecule has 1 aliphatic rings. The first kappa shape index (κ1) is 11.5. The second-order valence-corrected chi connectivity index (χ2v) is 5.04. The van der Waals surface area contributed by atoms with E-state index in [2.05, 4.69) is 40.0 Å². The Morgan fingerprint density at radius 1 is 1.44 bits per heavy atom. The van der Waals surface area contributed by atoms with Gasteiger partial charge in [0.2, 0.25) is 0 Å². The lowest BCUT2D eigenvalue weighted by molar-refractivity contribution is 0.399. The molecule has 2 heterocycles. The van der Waals surface area contributed by atoms with Crippen LogP contribution in [0.5, 0.6) is 0 Å². The third kappa shape index (κ3) is 1.77. The highest BCUT2D eigenvalue weighted by Gasteiger charge is 2.26. The molecule has 1 saturated carbocycles. The van der Waals surface area contributed by atoms with Crippen LogP contribution in [0.4, 0.5) is 5.82 Å². The van der Waals surface area contributed by atoms with Gasteiger partial charge in [-0.3, -0.25) is 0 Å². The Bertz CT molecular complexity index is 542. The Balaban J connectivity index is 2.05. The van der Waals surface area contributed by atoms with Crippen LogP contribution in [0.1, 0.15) is 25.0 Å². The van der Waals surface area contributed by atoms with Crippen molar-refractivity contribution in [3.05, 3.63) is 30.1 Å². The summed E-state index contributed by atoms with van der Waals surface area (Å²) in [5.74, 6) is 1.13. The number of nitrogens with one attached hydrogen (secondary N) is 1. The molecule has 2 aromatic rings. The van der Waals surface area contributed by atoms with Crippen LogP contribution in [0.3, 0.4) is 0 Å². The summed E-state index contributed by atoms with van der Waals surface area (Å²) < 4.78 is 2.18. The van der Waals surface area contributed by atoms with E-state index in [0.29, 0.717) is 6.04 Å². The van der Waals surface area contributed by atoms with E-state index in [-0.39, 0.29) is 0 Å². The van der Waals surface area contributed by atoms with Gasteiger partial charge < -0.3 is 14.6 Å². The van der Waals surface area contributed by atoms with Crippen molar-refractivity contribution in [3.63, 3.8) is 0 Å². The Morgan fingerprint density at radius 3 is 2.94 bits per heavy atom. The minimum absolute atomic E-state index is 0.672. The van der Waals surface area contributed by atoms with Gasteiger partial charge in [-0.25, -0.2) is 4.98 Å². The number of imidazole rings is 1. The van der Waals surface area contributed by atoms with Gasteiger partial charge in [0.05, 0.1) is 5.69 Å². The number of rotatable bonds is 4. The first-order valence-electron chi connectivity index (χ1n) is 6.64. The maximum Gasteiger partial charge on any atom is 0.152 e. The molecule has 0 amide bonds. The molecule has 0 aromatic carbocycles. The predicted molar refractivity (Wildman–Crippen MR) is 74.0 cm³/mol. The standard InChI is InChI=1S/C14H20N4/c1-15-10-12-14(17(2)11-6-5-7-11)16-13-8-3-4-9-18(12)13/h3-4,8-9,11,15H,5-7,10H2,1-2H3. The lowest BCUT2D eigenvalue weighted by Gasteiger charge is -2.35. The normalized spacial score (nSPS) is 15.9. The van der Waals surface area contributed by atoms with Crippen molar-refractivity contribution in [2.24, 2.45) is 0 Å². The number of hydrogen-bond donors (Lipinski definition) is 1. The van der Waals surface area contributed by atoms with Crippen LogP contribution >= 0.6 is 0 Å². The Hall–Kier alpha value is -1.55. The maximum absolute atomic E-state index is 4.78. The van der Waals surface area contributed by atoms with Gasteiger partial charge in [0.25, 0.3) is 0 Å². The summed E-state index contributed by atoms with van der Waals surface area (Å²) in [5, 5.41) is 3.24. The third-order valence-electron chi connectivity index (χ3n) is 3.91. The molecule has 0 spiro atoms. The summed E-state index contributed by atoms with van der Waals surface area (Å²) in [7, 11) is 4.15. The molecule has 1 fully saturated rings. The van der Waals surface area contributed by atoms with Crippen LogP contribution in [0.25, 0.3) is 5.65 Å². The van der Waals surface area contributed by atoms with E-state index in [9.17, 15) is 0 Å². The summed E-state index contributed by atoms with van der Waals surface area (Å²) in [6, 6.07) is 6.84. The van der Waals surface area contributed by atoms with Crippen LogP contribution in [0, 0.1) is 0 Å². The van der Waals surface area contributed by atoms with Gasteiger partial charge in [0, 0.05) is 25.8 Å². The molecule has 0 radical (unpaired) electrons. The molecule has 0 aliphatic heterocycles. The SMILES string of the molecule is CNCc1c(N(C)C2CCC2)nc2ccccn12. The largest absolute Gasteiger partial charge is 0.355 e. The molecule has 0 bridgehead atoms. The second kappa shape index (κ2) is 4.61. The molecular formula is C14H20N4. The fraction of sp³-hybridized carbons (Fsp3) is 0.500. The molecular weight excluding hydrogens is 224 g/mol. The second-order valence-electron chi connectivity index (χ2n) is 5.04. The van der Waals surface area contributed by atoms with Gasteiger partial charge in [0.15, 0.2) is 5.82 Å². The van der Waals surface area contributed by atoms with E-state index in [1.807, 2.05) is 13.1 Å². The van der Waals surface area contributed by atoms with Crippen molar-refractivity contribution in [2.75, 3.05) is 19.0 Å². The molecule has 96 valence electrons. The predicted octanol–water partition coefficient (Wildman–Crippen LogP) is 2.04. The van der Waals surface area contributed by atoms with E-state index >= 15 is 0 Å². The summed E-state index contributed by atoms with van der Waals surface area (Å²) in [6.45, 7) is 0.845. The molecule has 1 N–H and O–H groups in total. The number of hydrogen-bond acceptors (Lipinski definition) is 3. The lowest BCUT2D eigenvalue weighted by Crippen LogP contribution is -2.38. The first-order valence-corrected chi connectivity index (χ1v) is 6.64. The minimum Gasteiger partial charge on any atom is -0.355 e. The molecule has 0 atom stereocenters. The van der Waals surface area contributed by atoms with E-state index in [0.717, 1.165) is 18.0 Å². The van der Waals surface area contributed by atoms with Crippen LogP contribution in [-0.2, 0) is 6.54 Å². The van der Waals surface area contributed by atoms with Crippen molar-refractivity contribution in [3.8, 4) is 0 Å². The van der Waals surface area contributed by atoms with Crippen LogP contribution in [0.15, 0.2) is 24.4 Å². The van der Waals surface area contributed by atoms with Crippen molar-refractivity contribution in [1.29, 1.82) is 0 Å². The lowest BCUT2D eigenvalue weighted by atomic mass is 9.92. The molecule has 0 saturated heterocycles. The van der Waals surface area contributed by atoms with E-state index in [4.69, 9.17) is 4.98 Å². The van der Waals surface area contributed by atoms with E-state index in [1.54, 1.807) is 0 Å². The van der Waals surface area contributed by atoms with Crippen molar-refractivity contribution >= 4 is 11.5 Å². The van der Waals surface area contributed by atoms with Gasteiger partial charge in [-0.15, -0.1) is 0 Å². The summed E-state index contributed by atoms with van der Waals surface area (Å²) >= 11 is 0. The maximum atomic E-state index is 4.78. The van der Waals surface area contributed by atoms with Gasteiger partial charge in [0.1, 0.15) is 5.65 Å². The zero-order valence-electron chi connectivity index (χ0n) is 11.1. The molecule has 2 aromatic heterocycles. The Labute approximate surface area is 108 Å². The van der Waals surface area contributed by atoms with Crippen LogP contribution in [0.2, 0.25) is 0 Å². The number of aromatic nitrogens is 2. The molecule has 18 heavy (non-hydrogen) atoms. The van der Waals surface area contributed by atoms with E-state index in [1.165, 1.54) is 25.0 Å². The number of pyridine rings is 1. The highest BCUT2D eigenvalue weighted by atomic mass is 15.2. The molecule has 1 aliphatic carbocycles. The average Bonchev–Trinajstić information content (AvgIpc) is 2.67. The minimum atomic E-state index is 0.672. The molecule has 4 heteroatoms. The zero-order valence-corrected chi connectivity index (χ0v) is 11.1. The van der Waals surface area contributed by atoms with Gasteiger partial charge in [-0.05, 0) is 38.4 Å². The van der Waals surface area contributed by atoms with Gasteiger partial charge >= 0.3 is 0 Å². The monoisotopic (exact) mass is 244 g/mol. The zero-order chi connectivity index (χ0) is 12.5. The third-order valence-corrected chi connectivity index (χ3v) is 3.91. The first-order chi connectivity index (χ1) is 8.81. The smallest absolute Gasteiger partial charge is 0.152 e. The fourth-order valence-electron chi connectivity index (χ4n) is 2.60. The van der Waals surface area contributed by atoms with Gasteiger partial charge in [-0.1, -0.05) is 6.07 Å². The fourth-order valence-corrected chi connectivity index (χ4v) is 2.60. The average molecular weight is 244 g/mol. The van der Waals surface area contributed by atoms with Crippen molar-refractivity contribution in [2.45, 2.75) is 31.8 Å². The topological polar surface area (TPSA) is 32.6 Å². The molecule has 0 unspecified atom stereocenters. The Morgan fingerprint density at radius 2 is 2.28 bits per heavy atom. The molecule has 4 nitrogen and oxygen atoms in total.